The van der Waals surface area contributed by atoms with Crippen LogP contribution in [0.1, 0.15) is 59.3 Å². The maximum atomic E-state index is 11.4. The Hall–Kier alpha value is -0.810. The Morgan fingerprint density at radius 2 is 1.74 bits per heavy atom. The lowest BCUT2D eigenvalue weighted by molar-refractivity contribution is 0.0527. The normalized spacial score (nSPS) is 13.1. The van der Waals surface area contributed by atoms with E-state index < -0.39 is 5.60 Å². The summed E-state index contributed by atoms with van der Waals surface area (Å²) < 4.78 is 5.14. The first-order chi connectivity index (χ1) is 8.85. The van der Waals surface area contributed by atoms with E-state index in [2.05, 4.69) is 5.32 Å². The molecule has 0 rings (SSSR count). The first-order valence-electron chi connectivity index (χ1n) is 7.27. The fourth-order valence-electron chi connectivity index (χ4n) is 1.73. The highest BCUT2D eigenvalue weighted by molar-refractivity contribution is 5.67. The molecule has 19 heavy (non-hydrogen) atoms. The molecule has 0 radical (unpaired) electrons. The van der Waals surface area contributed by atoms with Gasteiger partial charge in [-0.15, -0.1) is 0 Å². The largest absolute Gasteiger partial charge is 0.444 e. The quantitative estimate of drug-likeness (QED) is 0.561. The van der Waals surface area contributed by atoms with E-state index in [0.29, 0.717) is 6.54 Å². The minimum Gasteiger partial charge on any atom is -0.444 e. The van der Waals surface area contributed by atoms with Crippen LogP contribution in [-0.2, 0) is 4.74 Å². The van der Waals surface area contributed by atoms with Gasteiger partial charge in [0.25, 0.3) is 0 Å². The van der Waals surface area contributed by atoms with Crippen LogP contribution in [0.2, 0.25) is 0 Å². The molecule has 0 aromatic rings. The lowest BCUT2D eigenvalue weighted by Gasteiger charge is -2.19. The molecule has 0 aromatic carbocycles. The lowest BCUT2D eigenvalue weighted by atomic mass is 10.0. The SMILES string of the molecule is CC(C)(C)OC(=O)NCCCCC(N)CCCCN. The number of hydrogen-bond donors (Lipinski definition) is 3. The summed E-state index contributed by atoms with van der Waals surface area (Å²) in [5, 5.41) is 2.75. The standard InChI is InChI=1S/C14H31N3O2/c1-14(2,3)19-13(18)17-11-7-5-9-12(16)8-4-6-10-15/h12H,4-11,15-16H2,1-3H3,(H,17,18). The molecule has 1 unspecified atom stereocenters. The lowest BCUT2D eigenvalue weighted by Crippen LogP contribution is -2.33. The minimum atomic E-state index is -0.435. The molecule has 5 N–H and O–H groups in total. The van der Waals surface area contributed by atoms with Crippen LogP contribution in [-0.4, -0.2) is 30.8 Å². The van der Waals surface area contributed by atoms with Crippen molar-refractivity contribution in [1.29, 1.82) is 0 Å². The van der Waals surface area contributed by atoms with Gasteiger partial charge in [0, 0.05) is 12.6 Å². The van der Waals surface area contributed by atoms with Crippen LogP contribution >= 0.6 is 0 Å². The Morgan fingerprint density at radius 3 is 2.26 bits per heavy atom. The van der Waals surface area contributed by atoms with Crippen molar-refractivity contribution in [3.8, 4) is 0 Å². The Kier molecular flexibility index (Phi) is 9.61. The highest BCUT2D eigenvalue weighted by atomic mass is 16.6. The van der Waals surface area contributed by atoms with E-state index in [9.17, 15) is 4.79 Å². The predicted molar refractivity (Wildman–Crippen MR) is 79.0 cm³/mol. The summed E-state index contributed by atoms with van der Waals surface area (Å²) in [6.45, 7) is 6.95. The summed E-state index contributed by atoms with van der Waals surface area (Å²) in [4.78, 5) is 11.4. The molecule has 1 atom stereocenters. The molecule has 5 heteroatoms. The van der Waals surface area contributed by atoms with Gasteiger partial charge in [0.2, 0.25) is 0 Å². The average molecular weight is 273 g/mol. The van der Waals surface area contributed by atoms with Crippen molar-refractivity contribution in [1.82, 2.24) is 5.32 Å². The van der Waals surface area contributed by atoms with Gasteiger partial charge in [-0.25, -0.2) is 4.79 Å². The molecule has 0 saturated carbocycles. The van der Waals surface area contributed by atoms with E-state index in [0.717, 1.165) is 45.1 Å². The monoisotopic (exact) mass is 273 g/mol. The maximum Gasteiger partial charge on any atom is 0.407 e. The minimum absolute atomic E-state index is 0.257. The second-order valence-electron chi connectivity index (χ2n) is 5.97. The van der Waals surface area contributed by atoms with Gasteiger partial charge in [0.1, 0.15) is 5.60 Å². The van der Waals surface area contributed by atoms with Crippen molar-refractivity contribution in [2.45, 2.75) is 70.9 Å². The molecule has 0 saturated heterocycles. The van der Waals surface area contributed by atoms with Crippen molar-refractivity contribution < 1.29 is 9.53 Å². The van der Waals surface area contributed by atoms with Gasteiger partial charge in [-0.05, 0) is 53.0 Å². The summed E-state index contributed by atoms with van der Waals surface area (Å²) in [5.74, 6) is 0. The summed E-state index contributed by atoms with van der Waals surface area (Å²) in [5.41, 5.74) is 11.0. The molecule has 0 fully saturated rings. The first-order valence-corrected chi connectivity index (χ1v) is 7.27. The van der Waals surface area contributed by atoms with E-state index in [-0.39, 0.29) is 12.1 Å². The highest BCUT2D eigenvalue weighted by Crippen LogP contribution is 2.07. The summed E-state index contributed by atoms with van der Waals surface area (Å²) in [7, 11) is 0. The first kappa shape index (κ1) is 18.2. The molecule has 0 spiro atoms. The zero-order chi connectivity index (χ0) is 14.7. The molecule has 0 heterocycles. The highest BCUT2D eigenvalue weighted by Gasteiger charge is 2.15. The van der Waals surface area contributed by atoms with Crippen molar-refractivity contribution in [3.05, 3.63) is 0 Å². The van der Waals surface area contributed by atoms with Crippen LogP contribution in [0, 0.1) is 0 Å². The van der Waals surface area contributed by atoms with Crippen LogP contribution in [0.15, 0.2) is 0 Å². The molecule has 0 aliphatic rings. The van der Waals surface area contributed by atoms with Crippen molar-refractivity contribution >= 4 is 6.09 Å². The van der Waals surface area contributed by atoms with Crippen molar-refractivity contribution in [2.75, 3.05) is 13.1 Å². The summed E-state index contributed by atoms with van der Waals surface area (Å²) in [6.07, 6.45) is 5.81. The van der Waals surface area contributed by atoms with E-state index in [4.69, 9.17) is 16.2 Å². The van der Waals surface area contributed by atoms with Gasteiger partial charge < -0.3 is 21.5 Å². The maximum absolute atomic E-state index is 11.4. The topological polar surface area (TPSA) is 90.4 Å². The van der Waals surface area contributed by atoms with Gasteiger partial charge >= 0.3 is 6.09 Å². The fraction of sp³-hybridized carbons (Fsp3) is 0.929. The number of ether oxygens (including phenoxy) is 1. The second-order valence-corrected chi connectivity index (χ2v) is 5.97. The molecule has 5 nitrogen and oxygen atoms in total. The number of carbonyl (C=O) groups excluding carboxylic acids is 1. The van der Waals surface area contributed by atoms with Gasteiger partial charge in [0.05, 0.1) is 0 Å². The molecule has 0 aromatic heterocycles. The molecular formula is C14H31N3O2. The van der Waals surface area contributed by atoms with Gasteiger partial charge in [0.15, 0.2) is 0 Å². The number of carbonyl (C=O) groups is 1. The van der Waals surface area contributed by atoms with Crippen LogP contribution < -0.4 is 16.8 Å². The van der Waals surface area contributed by atoms with E-state index in [1.54, 1.807) is 0 Å². The number of hydrogen-bond acceptors (Lipinski definition) is 4. The number of unbranched alkanes of at least 4 members (excludes halogenated alkanes) is 2. The molecule has 0 aliphatic carbocycles. The Balaban J connectivity index is 3.42. The molecule has 0 aliphatic heterocycles. The third-order valence-electron chi connectivity index (χ3n) is 2.70. The smallest absolute Gasteiger partial charge is 0.407 e. The number of nitrogens with two attached hydrogens (primary N) is 2. The molecule has 114 valence electrons. The van der Waals surface area contributed by atoms with Crippen LogP contribution in [0.3, 0.4) is 0 Å². The number of rotatable bonds is 9. The Labute approximate surface area is 117 Å². The average Bonchev–Trinajstić information content (AvgIpc) is 2.26. The van der Waals surface area contributed by atoms with Gasteiger partial charge in [-0.3, -0.25) is 0 Å². The van der Waals surface area contributed by atoms with E-state index >= 15 is 0 Å². The summed E-state index contributed by atoms with van der Waals surface area (Å²) in [6, 6.07) is 0.257. The van der Waals surface area contributed by atoms with Crippen molar-refractivity contribution in [3.63, 3.8) is 0 Å². The van der Waals surface area contributed by atoms with Crippen molar-refractivity contribution in [2.24, 2.45) is 11.5 Å². The van der Waals surface area contributed by atoms with Crippen LogP contribution in [0.4, 0.5) is 4.79 Å². The third kappa shape index (κ3) is 13.4. The number of alkyl carbamates (subject to hydrolysis) is 1. The third-order valence-corrected chi connectivity index (χ3v) is 2.70. The number of amides is 1. The second kappa shape index (κ2) is 10.0. The zero-order valence-corrected chi connectivity index (χ0v) is 12.7. The van der Waals surface area contributed by atoms with E-state index in [1.165, 1.54) is 0 Å². The van der Waals surface area contributed by atoms with Gasteiger partial charge in [-0.2, -0.15) is 0 Å². The molecule has 1 amide bonds. The Morgan fingerprint density at radius 1 is 1.16 bits per heavy atom. The fourth-order valence-corrected chi connectivity index (χ4v) is 1.73. The van der Waals surface area contributed by atoms with Crippen LogP contribution in [0.5, 0.6) is 0 Å². The molecule has 0 bridgehead atoms. The van der Waals surface area contributed by atoms with Gasteiger partial charge in [-0.1, -0.05) is 12.8 Å². The predicted octanol–water partition coefficient (Wildman–Crippen LogP) is 2.14. The zero-order valence-electron chi connectivity index (χ0n) is 12.7. The van der Waals surface area contributed by atoms with Crippen LogP contribution in [0.25, 0.3) is 0 Å². The summed E-state index contributed by atoms with van der Waals surface area (Å²) >= 11 is 0. The Bertz CT molecular complexity index is 239. The number of nitrogens with one attached hydrogen (secondary N) is 1. The molecular weight excluding hydrogens is 242 g/mol. The van der Waals surface area contributed by atoms with E-state index in [1.807, 2.05) is 20.8 Å².